The van der Waals surface area contributed by atoms with Crippen LogP contribution in [0.5, 0.6) is 0 Å². The Hall–Kier alpha value is -6.60. The van der Waals surface area contributed by atoms with Crippen LogP contribution in [0.25, 0.3) is 44.6 Å². The van der Waals surface area contributed by atoms with E-state index in [9.17, 15) is 9.59 Å². The van der Waals surface area contributed by atoms with E-state index in [0.29, 0.717) is 112 Å². The van der Waals surface area contributed by atoms with Crippen molar-refractivity contribution in [2.75, 3.05) is 118 Å². The predicted molar refractivity (Wildman–Crippen MR) is 275 cm³/mol. The van der Waals surface area contributed by atoms with Crippen molar-refractivity contribution >= 4 is 57.4 Å². The van der Waals surface area contributed by atoms with Crippen LogP contribution in [-0.4, -0.2) is 152 Å². The Morgan fingerprint density at radius 3 is 1.75 bits per heavy atom. The molecule has 0 radical (unpaired) electrons. The minimum atomic E-state index is -0.495. The van der Waals surface area contributed by atoms with Crippen molar-refractivity contribution in [2.24, 2.45) is 22.5 Å². The van der Waals surface area contributed by atoms with Crippen molar-refractivity contribution < 1.29 is 28.5 Å². The molecule has 2 aliphatic carbocycles. The summed E-state index contributed by atoms with van der Waals surface area (Å²) in [4.78, 5) is 66.3. The zero-order valence-corrected chi connectivity index (χ0v) is 41.1. The number of hydrogen-bond donors (Lipinski definition) is 2. The lowest BCUT2D eigenvalue weighted by molar-refractivity contribution is -0.0359. The van der Waals surface area contributed by atoms with Crippen LogP contribution in [0.15, 0.2) is 72.8 Å². The van der Waals surface area contributed by atoms with Gasteiger partial charge in [-0.1, -0.05) is 24.3 Å². The number of hydrogen-bond acceptors (Lipinski definition) is 16. The maximum atomic E-state index is 14.1. The van der Waals surface area contributed by atoms with E-state index < -0.39 is 5.91 Å². The first-order valence-corrected chi connectivity index (χ1v) is 25.6. The van der Waals surface area contributed by atoms with E-state index in [4.69, 9.17) is 54.6 Å². The average molecular weight is 975 g/mol. The molecule has 2 spiro atoms. The van der Waals surface area contributed by atoms with E-state index in [2.05, 4.69) is 44.8 Å². The minimum Gasteiger partial charge on any atom is -0.379 e. The number of primary amides is 1. The number of carbonyl (C=O) groups is 2. The molecule has 4 saturated heterocycles. The maximum absolute atomic E-state index is 14.1. The van der Waals surface area contributed by atoms with E-state index in [1.54, 1.807) is 12.1 Å². The molecule has 6 aliphatic rings. The summed E-state index contributed by atoms with van der Waals surface area (Å²) in [5.74, 6) is 2.49. The zero-order valence-electron chi connectivity index (χ0n) is 41.1. The number of pyridine rings is 2. The quantitative estimate of drug-likeness (QED) is 0.174. The number of ether oxygens (including phenoxy) is 4. The van der Waals surface area contributed by atoms with Gasteiger partial charge in [-0.05, 0) is 94.0 Å². The Balaban J connectivity index is 0.786. The van der Waals surface area contributed by atoms with Gasteiger partial charge in [0.15, 0.2) is 11.3 Å². The van der Waals surface area contributed by atoms with E-state index in [-0.39, 0.29) is 34.7 Å². The fourth-order valence-electron chi connectivity index (χ4n) is 11.3. The molecule has 2 unspecified atom stereocenters. The Labute approximate surface area is 418 Å². The van der Waals surface area contributed by atoms with Gasteiger partial charge in [0.05, 0.1) is 87.1 Å². The molecule has 2 saturated carbocycles. The van der Waals surface area contributed by atoms with Crippen molar-refractivity contribution in [3.63, 3.8) is 0 Å². The predicted octanol–water partition coefficient (Wildman–Crippen LogP) is 5.53. The Morgan fingerprint density at radius 2 is 1.19 bits per heavy atom. The number of nitrogens with one attached hydrogen (secondary N) is 1. The number of benzene rings is 2. The summed E-state index contributed by atoms with van der Waals surface area (Å²) in [7, 11) is 0. The van der Waals surface area contributed by atoms with Gasteiger partial charge < -0.3 is 49.6 Å². The maximum Gasteiger partial charge on any atom is 0.251 e. The topological polar surface area (TPSA) is 199 Å². The first-order chi connectivity index (χ1) is 35.1. The van der Waals surface area contributed by atoms with E-state index in [1.807, 2.05) is 54.6 Å². The summed E-state index contributed by atoms with van der Waals surface area (Å²) < 4.78 is 24.0. The van der Waals surface area contributed by atoms with Gasteiger partial charge in [0, 0.05) is 78.9 Å². The molecule has 374 valence electrons. The molecule has 4 aliphatic heterocycles. The molecule has 2 aromatic carbocycles. The average Bonchev–Trinajstić information content (AvgIpc) is 4.24. The van der Waals surface area contributed by atoms with Gasteiger partial charge >= 0.3 is 0 Å². The van der Waals surface area contributed by atoms with Crippen LogP contribution in [0.1, 0.15) is 60.2 Å². The highest BCUT2D eigenvalue weighted by Gasteiger charge is 2.50. The number of anilines is 4. The van der Waals surface area contributed by atoms with Crippen molar-refractivity contribution in [1.82, 2.24) is 35.2 Å². The van der Waals surface area contributed by atoms with Crippen LogP contribution in [-0.2, 0) is 18.9 Å². The standard InChI is InChI=1S/C54H62N12O6/c1-34-28-69-23-19-65(34)48-41-10-12-44(58-46(41)59-51(61-48)63-17-21-71-32-53(30-63)15-16-53)37-6-4-8-39(26-37)50(68)56-27-40-13-14-54(40)31-64(18-22-72-33-54)52-60-47-42(49(62-52)66-20-24-70-29-35(66)2)9-11-43(57-47)36-5-3-7-38(25-36)45(55)67/h3-12,25-26,34-35,40H,13-24,27-33H2,1-2H3,(H2,55,67)(H,56,68)/t34-,35-,40?,54?/m0/s1. The first kappa shape index (κ1) is 46.5. The number of amides is 2. The molecule has 3 N–H and O–H groups in total. The molecule has 12 rings (SSSR count). The van der Waals surface area contributed by atoms with E-state index in [0.717, 1.165) is 91.2 Å². The molecule has 6 fully saturated rings. The van der Waals surface area contributed by atoms with Gasteiger partial charge in [0.2, 0.25) is 17.8 Å². The third-order valence-corrected chi connectivity index (χ3v) is 15.9. The molecule has 8 heterocycles. The molecule has 0 bridgehead atoms. The minimum absolute atomic E-state index is 0.0975. The molecular formula is C54H62N12O6. The fraction of sp³-hybridized carbons (Fsp3) is 0.481. The summed E-state index contributed by atoms with van der Waals surface area (Å²) in [6.07, 6.45) is 4.23. The van der Waals surface area contributed by atoms with Crippen molar-refractivity contribution in [2.45, 2.75) is 51.6 Å². The van der Waals surface area contributed by atoms with Gasteiger partial charge in [-0.3, -0.25) is 9.59 Å². The normalized spacial score (nSPS) is 24.3. The lowest BCUT2D eigenvalue weighted by Crippen LogP contribution is -2.54. The van der Waals surface area contributed by atoms with Gasteiger partial charge in [-0.25, -0.2) is 9.97 Å². The summed E-state index contributed by atoms with van der Waals surface area (Å²) in [5.41, 5.74) is 10.8. The Kier molecular flexibility index (Phi) is 12.3. The number of aromatic nitrogens is 6. The van der Waals surface area contributed by atoms with Crippen molar-refractivity contribution in [3.05, 3.63) is 83.9 Å². The number of nitrogens with zero attached hydrogens (tertiary/aromatic N) is 10. The van der Waals surface area contributed by atoms with Crippen LogP contribution in [0.2, 0.25) is 0 Å². The van der Waals surface area contributed by atoms with Crippen LogP contribution in [0.4, 0.5) is 23.5 Å². The van der Waals surface area contributed by atoms with Crippen LogP contribution in [0.3, 0.4) is 0 Å². The smallest absolute Gasteiger partial charge is 0.251 e. The summed E-state index contributed by atoms with van der Waals surface area (Å²) >= 11 is 0. The zero-order chi connectivity index (χ0) is 49.0. The van der Waals surface area contributed by atoms with Crippen LogP contribution >= 0.6 is 0 Å². The highest BCUT2D eigenvalue weighted by atomic mass is 16.5. The van der Waals surface area contributed by atoms with Crippen LogP contribution < -0.4 is 30.7 Å². The van der Waals surface area contributed by atoms with Crippen molar-refractivity contribution in [1.29, 1.82) is 0 Å². The highest BCUT2D eigenvalue weighted by molar-refractivity contribution is 5.96. The van der Waals surface area contributed by atoms with E-state index >= 15 is 0 Å². The third-order valence-electron chi connectivity index (χ3n) is 15.9. The largest absolute Gasteiger partial charge is 0.379 e. The second-order valence-electron chi connectivity index (χ2n) is 20.8. The van der Waals surface area contributed by atoms with Gasteiger partial charge in [-0.2, -0.15) is 19.9 Å². The van der Waals surface area contributed by atoms with Gasteiger partial charge in [0.25, 0.3) is 5.91 Å². The number of carbonyl (C=O) groups excluding carboxylic acids is 2. The molecule has 18 heteroatoms. The first-order valence-electron chi connectivity index (χ1n) is 25.6. The van der Waals surface area contributed by atoms with Gasteiger partial charge in [-0.15, -0.1) is 0 Å². The number of morpholine rings is 2. The van der Waals surface area contributed by atoms with Crippen LogP contribution in [0, 0.1) is 16.7 Å². The second kappa shape index (κ2) is 19.1. The molecule has 6 aromatic rings. The second-order valence-corrected chi connectivity index (χ2v) is 20.8. The molecule has 4 aromatic heterocycles. The molecule has 4 atom stereocenters. The van der Waals surface area contributed by atoms with Gasteiger partial charge in [0.1, 0.15) is 11.6 Å². The summed E-state index contributed by atoms with van der Waals surface area (Å²) in [6, 6.07) is 23.2. The molecule has 72 heavy (non-hydrogen) atoms. The fourth-order valence-corrected chi connectivity index (χ4v) is 11.3. The number of nitrogens with two attached hydrogens (primary N) is 1. The lowest BCUT2D eigenvalue weighted by Gasteiger charge is -2.50. The third kappa shape index (κ3) is 9.02. The van der Waals surface area contributed by atoms with E-state index in [1.165, 1.54) is 0 Å². The molecule has 2 amide bonds. The number of fused-ring (bicyclic) bond motifs is 2. The molecule has 18 nitrogen and oxygen atoms in total. The van der Waals surface area contributed by atoms with Crippen molar-refractivity contribution in [3.8, 4) is 22.5 Å². The Bertz CT molecular complexity index is 3050. The SMILES string of the molecule is C[C@H]1COCCN1c1nc(N2CCOCC3(CC3)C2)nc2nc(-c3cccc(C(=O)NCC4CCC45COCCN(c4nc(N6CCOC[C@@H]6C)c6ccc(-c7cccc(C(N)=O)c7)nc6n4)C5)c3)ccc12. The Morgan fingerprint density at radius 1 is 0.639 bits per heavy atom. The summed E-state index contributed by atoms with van der Waals surface area (Å²) in [6.45, 7) is 14.1. The highest BCUT2D eigenvalue weighted by Crippen LogP contribution is 2.49. The monoisotopic (exact) mass is 974 g/mol. The molecular weight excluding hydrogens is 913 g/mol. The number of rotatable bonds is 10. The lowest BCUT2D eigenvalue weighted by atomic mass is 9.60. The summed E-state index contributed by atoms with van der Waals surface area (Å²) in [5, 5.41) is 5.04.